The first kappa shape index (κ1) is 13.3. The summed E-state index contributed by atoms with van der Waals surface area (Å²) in [5.74, 6) is 0. The van der Waals surface area contributed by atoms with E-state index in [1.807, 2.05) is 32.0 Å². The molecule has 4 heteroatoms. The number of fused-ring (bicyclic) bond motifs is 1. The van der Waals surface area contributed by atoms with E-state index in [0.29, 0.717) is 11.3 Å². The van der Waals surface area contributed by atoms with E-state index >= 15 is 0 Å². The summed E-state index contributed by atoms with van der Waals surface area (Å²) in [6.45, 7) is 3.85. The Kier molecular flexibility index (Phi) is 3.88. The summed E-state index contributed by atoms with van der Waals surface area (Å²) in [6, 6.07) is 7.93. The summed E-state index contributed by atoms with van der Waals surface area (Å²) in [7, 11) is -3.33. The molecule has 0 saturated carbocycles. The van der Waals surface area contributed by atoms with Gasteiger partial charge in [-0.2, -0.15) is 0 Å². The zero-order valence-electron chi connectivity index (χ0n) is 10.8. The van der Waals surface area contributed by atoms with Gasteiger partial charge in [-0.05, 0) is 43.4 Å². The lowest BCUT2D eigenvalue weighted by Gasteiger charge is -2.19. The molecule has 1 N–H and O–H groups in total. The molecular weight excluding hydrogens is 246 g/mol. The van der Waals surface area contributed by atoms with Crippen LogP contribution in [0.3, 0.4) is 0 Å². The Bertz CT molecular complexity index is 561. The maximum absolute atomic E-state index is 12.2. The lowest BCUT2D eigenvalue weighted by Crippen LogP contribution is -2.33. The zero-order valence-corrected chi connectivity index (χ0v) is 11.6. The fraction of sp³-hybridized carbons (Fsp3) is 0.429. The van der Waals surface area contributed by atoms with Crippen LogP contribution >= 0.6 is 0 Å². The minimum Gasteiger partial charge on any atom is -0.209 e. The third-order valence-electron chi connectivity index (χ3n) is 3.33. The van der Waals surface area contributed by atoms with Gasteiger partial charge in [0.1, 0.15) is 0 Å². The van der Waals surface area contributed by atoms with Gasteiger partial charge in [0.05, 0.1) is 4.91 Å². The van der Waals surface area contributed by atoms with Crippen molar-refractivity contribution in [2.45, 2.75) is 39.2 Å². The van der Waals surface area contributed by atoms with Crippen molar-refractivity contribution >= 4 is 16.1 Å². The van der Waals surface area contributed by atoms with Crippen LogP contribution in [0.5, 0.6) is 0 Å². The summed E-state index contributed by atoms with van der Waals surface area (Å²) in [5.41, 5.74) is 2.24. The van der Waals surface area contributed by atoms with Gasteiger partial charge in [0.2, 0.25) is 10.0 Å². The van der Waals surface area contributed by atoms with Crippen LogP contribution in [0.15, 0.2) is 29.2 Å². The van der Waals surface area contributed by atoms with Gasteiger partial charge < -0.3 is 0 Å². The number of rotatable bonds is 4. The molecule has 0 aliphatic heterocycles. The third-order valence-corrected chi connectivity index (χ3v) is 5.05. The van der Waals surface area contributed by atoms with Crippen LogP contribution in [-0.4, -0.2) is 14.5 Å². The minimum atomic E-state index is -3.33. The van der Waals surface area contributed by atoms with Crippen LogP contribution < -0.4 is 4.72 Å². The molecule has 0 bridgehead atoms. The van der Waals surface area contributed by atoms with E-state index in [-0.39, 0.29) is 6.04 Å². The van der Waals surface area contributed by atoms with Gasteiger partial charge in [-0.1, -0.05) is 31.2 Å². The average molecular weight is 265 g/mol. The number of nitrogens with one attached hydrogen (secondary N) is 1. The molecule has 3 nitrogen and oxygen atoms in total. The number of benzene rings is 1. The van der Waals surface area contributed by atoms with Crippen molar-refractivity contribution in [2.75, 3.05) is 0 Å². The van der Waals surface area contributed by atoms with Gasteiger partial charge in [-0.25, -0.2) is 13.1 Å². The Labute approximate surface area is 109 Å². The van der Waals surface area contributed by atoms with Crippen molar-refractivity contribution < 1.29 is 8.42 Å². The number of hydrogen-bond acceptors (Lipinski definition) is 2. The second-order valence-corrected chi connectivity index (χ2v) is 6.51. The normalized spacial score (nSPS) is 16.9. The molecule has 1 aromatic carbocycles. The molecule has 0 radical (unpaired) electrons. The molecule has 1 aliphatic carbocycles. The molecule has 98 valence electrons. The van der Waals surface area contributed by atoms with Crippen molar-refractivity contribution in [3.63, 3.8) is 0 Å². The topological polar surface area (TPSA) is 46.2 Å². The summed E-state index contributed by atoms with van der Waals surface area (Å²) in [5, 5.41) is 0. The Morgan fingerprint density at radius 1 is 1.28 bits per heavy atom. The molecule has 0 heterocycles. The maximum atomic E-state index is 12.2. The van der Waals surface area contributed by atoms with Crippen LogP contribution in [-0.2, 0) is 16.4 Å². The quantitative estimate of drug-likeness (QED) is 0.909. The van der Waals surface area contributed by atoms with Crippen molar-refractivity contribution in [1.29, 1.82) is 0 Å². The molecule has 18 heavy (non-hydrogen) atoms. The van der Waals surface area contributed by atoms with Crippen molar-refractivity contribution in [2.24, 2.45) is 0 Å². The van der Waals surface area contributed by atoms with Crippen LogP contribution in [0.2, 0.25) is 0 Å². The Morgan fingerprint density at radius 3 is 2.72 bits per heavy atom. The molecule has 0 amide bonds. The van der Waals surface area contributed by atoms with E-state index in [9.17, 15) is 8.42 Å². The van der Waals surface area contributed by atoms with Crippen LogP contribution in [0.25, 0.3) is 6.08 Å². The highest BCUT2D eigenvalue weighted by Crippen LogP contribution is 2.26. The predicted molar refractivity (Wildman–Crippen MR) is 74.5 cm³/mol. The monoisotopic (exact) mass is 265 g/mol. The first-order valence-electron chi connectivity index (χ1n) is 6.33. The van der Waals surface area contributed by atoms with Gasteiger partial charge in [-0.15, -0.1) is 0 Å². The van der Waals surface area contributed by atoms with E-state index in [2.05, 4.69) is 10.8 Å². The number of aryl methyl sites for hydroxylation is 1. The summed E-state index contributed by atoms with van der Waals surface area (Å²) >= 11 is 0. The lowest BCUT2D eigenvalue weighted by molar-refractivity contribution is 0.560. The zero-order chi connectivity index (χ0) is 13.2. The molecule has 0 spiro atoms. The molecule has 0 saturated heterocycles. The van der Waals surface area contributed by atoms with Crippen LogP contribution in [0.4, 0.5) is 0 Å². The number of allylic oxidation sites excluding steroid dienone is 1. The van der Waals surface area contributed by atoms with Gasteiger partial charge in [0, 0.05) is 6.04 Å². The third kappa shape index (κ3) is 2.82. The smallest absolute Gasteiger partial charge is 0.209 e. The van der Waals surface area contributed by atoms with E-state index in [0.717, 1.165) is 18.4 Å². The van der Waals surface area contributed by atoms with Gasteiger partial charge in [-0.3, -0.25) is 0 Å². The first-order valence-corrected chi connectivity index (χ1v) is 7.82. The summed E-state index contributed by atoms with van der Waals surface area (Å²) in [4.78, 5) is 0.501. The summed E-state index contributed by atoms with van der Waals surface area (Å²) < 4.78 is 27.1. The van der Waals surface area contributed by atoms with E-state index in [1.54, 1.807) is 6.08 Å². The average Bonchev–Trinajstić information content (AvgIpc) is 2.37. The molecule has 0 aromatic heterocycles. The van der Waals surface area contributed by atoms with E-state index in [1.165, 1.54) is 5.56 Å². The first-order chi connectivity index (χ1) is 8.53. The Morgan fingerprint density at radius 2 is 2.00 bits per heavy atom. The molecule has 1 aromatic rings. The second-order valence-electron chi connectivity index (χ2n) is 4.74. The molecule has 1 aliphatic rings. The van der Waals surface area contributed by atoms with Crippen molar-refractivity contribution in [3.05, 3.63) is 40.3 Å². The fourth-order valence-electron chi connectivity index (χ4n) is 2.04. The number of hydrogen-bond donors (Lipinski definition) is 1. The Hall–Kier alpha value is -1.13. The second kappa shape index (κ2) is 5.24. The molecule has 0 fully saturated rings. The standard InChI is InChI=1S/C14H19NO2S/c1-3-11(2)15-18(16,17)14-9-8-12-6-4-5-7-13(12)10-14/h4-7,10-11,15H,3,8-9H2,1-2H3. The van der Waals surface area contributed by atoms with Gasteiger partial charge in [0.15, 0.2) is 0 Å². The highest BCUT2D eigenvalue weighted by atomic mass is 32.2. The largest absolute Gasteiger partial charge is 0.236 e. The Balaban J connectivity index is 2.28. The number of sulfonamides is 1. The lowest BCUT2D eigenvalue weighted by atomic mass is 9.98. The molecule has 1 atom stereocenters. The fourth-order valence-corrected chi connectivity index (χ4v) is 3.54. The van der Waals surface area contributed by atoms with Crippen LogP contribution in [0.1, 0.15) is 37.8 Å². The molecular formula is C14H19NO2S. The maximum Gasteiger partial charge on any atom is 0.236 e. The van der Waals surface area contributed by atoms with Crippen LogP contribution in [0, 0.1) is 0 Å². The van der Waals surface area contributed by atoms with E-state index in [4.69, 9.17) is 0 Å². The molecule has 1 unspecified atom stereocenters. The van der Waals surface area contributed by atoms with Gasteiger partial charge in [0.25, 0.3) is 0 Å². The van der Waals surface area contributed by atoms with Crippen molar-refractivity contribution in [1.82, 2.24) is 4.72 Å². The minimum absolute atomic E-state index is 0.0203. The highest BCUT2D eigenvalue weighted by molar-refractivity contribution is 7.93. The van der Waals surface area contributed by atoms with Gasteiger partial charge >= 0.3 is 0 Å². The predicted octanol–water partition coefficient (Wildman–Crippen LogP) is 2.69. The molecule has 2 rings (SSSR count). The summed E-state index contributed by atoms with van der Waals surface area (Å²) in [6.07, 6.45) is 3.97. The highest BCUT2D eigenvalue weighted by Gasteiger charge is 2.22. The SMILES string of the molecule is CCC(C)NS(=O)(=O)C1=Cc2ccccc2CC1. The van der Waals surface area contributed by atoms with E-state index < -0.39 is 10.0 Å². The van der Waals surface area contributed by atoms with Crippen molar-refractivity contribution in [3.8, 4) is 0 Å².